The number of benzene rings is 2. The van der Waals surface area contributed by atoms with Gasteiger partial charge < -0.3 is 9.47 Å². The van der Waals surface area contributed by atoms with E-state index in [1.54, 1.807) is 12.1 Å². The first-order valence-corrected chi connectivity index (χ1v) is 10.9. The van der Waals surface area contributed by atoms with Gasteiger partial charge in [-0.25, -0.2) is 8.78 Å². The predicted octanol–water partition coefficient (Wildman–Crippen LogP) is 4.50. The van der Waals surface area contributed by atoms with E-state index in [4.69, 9.17) is 9.47 Å². The minimum atomic E-state index is -1.52. The summed E-state index contributed by atoms with van der Waals surface area (Å²) in [5.41, 5.74) is -0.402. The lowest BCUT2D eigenvalue weighted by Gasteiger charge is -2.37. The number of Topliss-reactive ketones (excluding diaryl/α,β-unsaturated/α-hetero) is 1. The zero-order valence-corrected chi connectivity index (χ0v) is 18.6. The molecule has 2 aliphatic rings. The molecule has 1 saturated heterocycles. The van der Waals surface area contributed by atoms with Crippen molar-refractivity contribution in [2.75, 3.05) is 27.3 Å². The number of alkyl halides is 1. The molecule has 0 radical (unpaired) electrons. The molecule has 33 heavy (non-hydrogen) atoms. The fourth-order valence-corrected chi connectivity index (χ4v) is 4.92. The molecule has 0 saturated carbocycles. The van der Waals surface area contributed by atoms with E-state index in [0.717, 1.165) is 5.56 Å². The van der Waals surface area contributed by atoms with Gasteiger partial charge in [0, 0.05) is 37.2 Å². The molecule has 176 valence electrons. The van der Waals surface area contributed by atoms with Gasteiger partial charge >= 0.3 is 0 Å². The highest BCUT2D eigenvalue weighted by Crippen LogP contribution is 2.42. The Morgan fingerprint density at radius 2 is 1.85 bits per heavy atom. The Bertz CT molecular complexity index is 1080. The van der Waals surface area contributed by atoms with Gasteiger partial charge in [0.15, 0.2) is 17.3 Å². The minimum absolute atomic E-state index is 0.0122. The first-order chi connectivity index (χ1) is 15.7. The number of fused-ring (bicyclic) bond motifs is 1. The Labute approximate surface area is 190 Å². The number of rotatable bonds is 7. The number of piperidine rings is 1. The van der Waals surface area contributed by atoms with Gasteiger partial charge in [0.1, 0.15) is 11.5 Å². The Morgan fingerprint density at radius 1 is 1.18 bits per heavy atom. The Balaban J connectivity index is 1.41. The van der Waals surface area contributed by atoms with E-state index in [9.17, 15) is 19.3 Å². The highest BCUT2D eigenvalue weighted by Gasteiger charge is 2.42. The van der Waals surface area contributed by atoms with Crippen molar-refractivity contribution in [1.82, 2.24) is 4.90 Å². The molecule has 1 atom stereocenters. The number of nitrogens with zero attached hydrogens (tertiary/aromatic N) is 2. The predicted molar refractivity (Wildman–Crippen MR) is 117 cm³/mol. The lowest BCUT2D eigenvalue weighted by Crippen LogP contribution is -2.43. The van der Waals surface area contributed by atoms with Crippen LogP contribution in [0.1, 0.15) is 40.7 Å². The molecule has 0 amide bonds. The van der Waals surface area contributed by atoms with Gasteiger partial charge in [-0.2, -0.15) is 0 Å². The van der Waals surface area contributed by atoms with Crippen LogP contribution < -0.4 is 9.47 Å². The Kier molecular flexibility index (Phi) is 6.34. The molecule has 2 aromatic rings. The lowest BCUT2D eigenvalue weighted by molar-refractivity contribution is -0.386. The zero-order chi connectivity index (χ0) is 23.8. The molecular weight excluding hydrogens is 434 g/mol. The second kappa shape index (κ2) is 9.05. The summed E-state index contributed by atoms with van der Waals surface area (Å²) < 4.78 is 40.5. The molecule has 9 heteroatoms. The van der Waals surface area contributed by atoms with Crippen LogP contribution in [0.2, 0.25) is 0 Å². The number of carbonyl (C=O) groups excluding carboxylic acids is 1. The molecule has 1 fully saturated rings. The van der Waals surface area contributed by atoms with E-state index in [-0.39, 0.29) is 42.8 Å². The summed E-state index contributed by atoms with van der Waals surface area (Å²) in [4.78, 5) is 25.4. The summed E-state index contributed by atoms with van der Waals surface area (Å²) in [5, 5.41) is 11.2. The number of carbonyl (C=O) groups is 1. The van der Waals surface area contributed by atoms with E-state index in [1.165, 1.54) is 32.4 Å². The van der Waals surface area contributed by atoms with Crippen LogP contribution >= 0.6 is 0 Å². The van der Waals surface area contributed by atoms with Crippen LogP contribution in [-0.4, -0.2) is 48.6 Å². The van der Waals surface area contributed by atoms with Crippen molar-refractivity contribution in [3.8, 4) is 11.5 Å². The first-order valence-electron chi connectivity index (χ1n) is 10.9. The molecule has 2 aromatic carbocycles. The smallest absolute Gasteiger partial charge is 0.276 e. The normalized spacial score (nSPS) is 19.9. The Hall–Kier alpha value is -3.07. The molecule has 7 nitrogen and oxygen atoms in total. The van der Waals surface area contributed by atoms with Crippen molar-refractivity contribution in [3.63, 3.8) is 0 Å². The number of likely N-dealkylation sites (tertiary alicyclic amines) is 1. The van der Waals surface area contributed by atoms with E-state index in [2.05, 4.69) is 0 Å². The monoisotopic (exact) mass is 460 g/mol. The van der Waals surface area contributed by atoms with Gasteiger partial charge in [-0.3, -0.25) is 19.8 Å². The highest BCUT2D eigenvalue weighted by atomic mass is 19.1. The maximum absolute atomic E-state index is 15.7. The number of nitro groups is 1. The summed E-state index contributed by atoms with van der Waals surface area (Å²) >= 11 is 0. The largest absolute Gasteiger partial charge is 0.493 e. The maximum Gasteiger partial charge on any atom is 0.276 e. The molecule has 1 unspecified atom stereocenters. The number of hydrogen-bond donors (Lipinski definition) is 0. The standard InChI is InChI=1S/C24H26F2N2O5/c1-32-21-11-15-10-16(23(29)17(15)12-22(21)33-2)13-24(26)6-8-27(9-7-24)14-18-19(25)4-3-5-20(18)28(30)31/h3-5,11-12,16H,6-10,13-14H2,1-2H3. The van der Waals surface area contributed by atoms with E-state index in [0.29, 0.717) is 36.6 Å². The van der Waals surface area contributed by atoms with Crippen LogP contribution in [-0.2, 0) is 13.0 Å². The average molecular weight is 460 g/mol. The number of halogens is 2. The third-order valence-electron chi connectivity index (χ3n) is 6.75. The van der Waals surface area contributed by atoms with Crippen molar-refractivity contribution in [3.05, 3.63) is 63.0 Å². The number of nitro benzene ring substituents is 1. The van der Waals surface area contributed by atoms with Gasteiger partial charge in [0.2, 0.25) is 0 Å². The van der Waals surface area contributed by atoms with Crippen molar-refractivity contribution in [2.24, 2.45) is 5.92 Å². The SMILES string of the molecule is COc1cc2c(cc1OC)C(=O)C(CC1(F)CCN(Cc3c(F)cccc3[N+](=O)[O-])CC1)C2. The summed E-state index contributed by atoms with van der Waals surface area (Å²) in [6, 6.07) is 7.21. The third-order valence-corrected chi connectivity index (χ3v) is 6.75. The molecule has 0 aromatic heterocycles. The highest BCUT2D eigenvalue weighted by molar-refractivity contribution is 6.03. The number of hydrogen-bond acceptors (Lipinski definition) is 6. The van der Waals surface area contributed by atoms with Crippen LogP contribution in [0.25, 0.3) is 0 Å². The number of ether oxygens (including phenoxy) is 2. The minimum Gasteiger partial charge on any atom is -0.493 e. The summed E-state index contributed by atoms with van der Waals surface area (Å²) in [5.74, 6) is -0.180. The lowest BCUT2D eigenvalue weighted by atomic mass is 9.82. The summed E-state index contributed by atoms with van der Waals surface area (Å²) in [6.45, 7) is 0.710. The van der Waals surface area contributed by atoms with Crippen molar-refractivity contribution < 1.29 is 28.0 Å². The molecule has 0 bridgehead atoms. The number of methoxy groups -OCH3 is 2. The number of ketones is 1. The van der Waals surface area contributed by atoms with Gasteiger partial charge in [-0.05, 0) is 49.4 Å². The average Bonchev–Trinajstić information content (AvgIpc) is 3.09. The van der Waals surface area contributed by atoms with Crippen LogP contribution in [0.5, 0.6) is 11.5 Å². The van der Waals surface area contributed by atoms with E-state index in [1.807, 2.05) is 4.90 Å². The van der Waals surface area contributed by atoms with Gasteiger partial charge in [0.05, 0.1) is 24.7 Å². The van der Waals surface area contributed by atoms with Crippen LogP contribution in [0.4, 0.5) is 14.5 Å². The van der Waals surface area contributed by atoms with Gasteiger partial charge in [0.25, 0.3) is 5.69 Å². The zero-order valence-electron chi connectivity index (χ0n) is 18.6. The van der Waals surface area contributed by atoms with Crippen molar-refractivity contribution in [2.45, 2.75) is 37.9 Å². The Morgan fingerprint density at radius 3 is 2.48 bits per heavy atom. The van der Waals surface area contributed by atoms with Gasteiger partial charge in [-0.1, -0.05) is 6.07 Å². The molecule has 0 spiro atoms. The maximum atomic E-state index is 15.7. The van der Waals surface area contributed by atoms with E-state index < -0.39 is 22.3 Å². The topological polar surface area (TPSA) is 81.9 Å². The quantitative estimate of drug-likeness (QED) is 0.447. The van der Waals surface area contributed by atoms with Crippen molar-refractivity contribution >= 4 is 11.5 Å². The summed E-state index contributed by atoms with van der Waals surface area (Å²) in [6.07, 6.45) is 0.925. The fraction of sp³-hybridized carbons (Fsp3) is 0.458. The second-order valence-corrected chi connectivity index (χ2v) is 8.76. The molecule has 1 aliphatic heterocycles. The summed E-state index contributed by atoms with van der Waals surface area (Å²) in [7, 11) is 3.03. The van der Waals surface area contributed by atoms with Crippen LogP contribution in [0.3, 0.4) is 0 Å². The second-order valence-electron chi connectivity index (χ2n) is 8.76. The molecule has 1 heterocycles. The molecule has 4 rings (SSSR count). The van der Waals surface area contributed by atoms with E-state index >= 15 is 4.39 Å². The van der Waals surface area contributed by atoms with Crippen LogP contribution in [0, 0.1) is 21.8 Å². The van der Waals surface area contributed by atoms with Crippen molar-refractivity contribution in [1.29, 1.82) is 0 Å². The third kappa shape index (κ3) is 4.55. The van der Waals surface area contributed by atoms with Gasteiger partial charge in [-0.15, -0.1) is 0 Å². The molecular formula is C24H26F2N2O5. The molecule has 1 aliphatic carbocycles. The molecule has 0 N–H and O–H groups in total. The fourth-order valence-electron chi connectivity index (χ4n) is 4.92. The van der Waals surface area contributed by atoms with Crippen LogP contribution in [0.15, 0.2) is 30.3 Å². The first kappa shape index (κ1) is 23.1.